The van der Waals surface area contributed by atoms with Crippen molar-refractivity contribution in [2.24, 2.45) is 10.9 Å². The number of likely N-dealkylation sites (N-methyl/N-ethyl adjacent to an activating group) is 1. The van der Waals surface area contributed by atoms with Crippen LogP contribution < -0.4 is 10.6 Å². The van der Waals surface area contributed by atoms with Crippen molar-refractivity contribution >= 4 is 29.9 Å². The first kappa shape index (κ1) is 24.2. The molecule has 1 fully saturated rings. The molecule has 0 saturated carbocycles. The van der Waals surface area contributed by atoms with Gasteiger partial charge >= 0.3 is 0 Å². The molecule has 1 aromatic carbocycles. The molecule has 0 aliphatic carbocycles. The number of aliphatic imine (C=N–C) groups is 1. The van der Waals surface area contributed by atoms with Crippen LogP contribution in [-0.4, -0.2) is 75.2 Å². The normalized spacial score (nSPS) is 18.7. The van der Waals surface area contributed by atoms with E-state index in [-0.39, 0.29) is 24.0 Å². The number of guanidine groups is 1. The molecule has 0 spiro atoms. The highest BCUT2D eigenvalue weighted by Crippen LogP contribution is 2.14. The summed E-state index contributed by atoms with van der Waals surface area (Å²) in [4.78, 5) is 9.44. The van der Waals surface area contributed by atoms with E-state index < -0.39 is 0 Å². The molecule has 2 rings (SSSR count). The van der Waals surface area contributed by atoms with Gasteiger partial charge in [0.05, 0.1) is 0 Å². The predicted octanol–water partition coefficient (Wildman–Crippen LogP) is 2.85. The van der Waals surface area contributed by atoms with Gasteiger partial charge in [-0.15, -0.1) is 24.0 Å². The third-order valence-corrected chi connectivity index (χ3v) is 5.42. The number of nitrogens with zero attached hydrogens (tertiary/aromatic N) is 3. The average molecular weight is 487 g/mol. The predicted molar refractivity (Wildman–Crippen MR) is 127 cm³/mol. The van der Waals surface area contributed by atoms with Gasteiger partial charge in [-0.25, -0.2) is 0 Å². The van der Waals surface area contributed by atoms with Gasteiger partial charge < -0.3 is 15.5 Å². The van der Waals surface area contributed by atoms with Crippen LogP contribution in [0, 0.1) is 5.92 Å². The molecule has 1 aliphatic heterocycles. The molecule has 1 saturated heterocycles. The van der Waals surface area contributed by atoms with Crippen molar-refractivity contribution in [1.82, 2.24) is 20.4 Å². The van der Waals surface area contributed by atoms with E-state index in [9.17, 15) is 0 Å². The fourth-order valence-corrected chi connectivity index (χ4v) is 3.51. The number of rotatable bonds is 7. The zero-order chi connectivity index (χ0) is 18.9. The summed E-state index contributed by atoms with van der Waals surface area (Å²) in [6, 6.07) is 11.2. The summed E-state index contributed by atoms with van der Waals surface area (Å²) < 4.78 is 0. The molecule has 0 amide bonds. The molecule has 27 heavy (non-hydrogen) atoms. The fraction of sp³-hybridized carbons (Fsp3) is 0.667. The summed E-state index contributed by atoms with van der Waals surface area (Å²) >= 11 is 0. The van der Waals surface area contributed by atoms with Crippen LogP contribution in [0.5, 0.6) is 0 Å². The summed E-state index contributed by atoms with van der Waals surface area (Å²) in [5.74, 6) is 1.97. The first-order valence-electron chi connectivity index (χ1n) is 9.93. The lowest BCUT2D eigenvalue weighted by Gasteiger charge is -2.40. The van der Waals surface area contributed by atoms with E-state index in [1.807, 2.05) is 7.05 Å². The maximum absolute atomic E-state index is 4.41. The number of benzene rings is 1. The van der Waals surface area contributed by atoms with E-state index in [1.165, 1.54) is 5.56 Å². The highest BCUT2D eigenvalue weighted by Gasteiger charge is 2.25. The minimum Gasteiger partial charge on any atom is -0.356 e. The standard InChI is InChI=1S/C21H37N5.HI/c1-17(2)20(26-13-11-25(5)12-14-26)16-24-21(22-4)23-15-18(3)19-9-7-6-8-10-19;/h6-10,17-18,20H,11-16H2,1-5H3,(H2,22,23,24);1H. The summed E-state index contributed by atoms with van der Waals surface area (Å²) in [6.45, 7) is 13.3. The Morgan fingerprint density at radius 1 is 1.00 bits per heavy atom. The number of halogens is 1. The number of hydrogen-bond donors (Lipinski definition) is 2. The van der Waals surface area contributed by atoms with E-state index in [4.69, 9.17) is 0 Å². The van der Waals surface area contributed by atoms with Crippen molar-refractivity contribution in [3.05, 3.63) is 35.9 Å². The van der Waals surface area contributed by atoms with Crippen molar-refractivity contribution in [2.75, 3.05) is 53.4 Å². The summed E-state index contributed by atoms with van der Waals surface area (Å²) in [5, 5.41) is 7.03. The molecular weight excluding hydrogens is 449 g/mol. The van der Waals surface area contributed by atoms with Gasteiger partial charge in [0, 0.05) is 52.4 Å². The Morgan fingerprint density at radius 3 is 2.15 bits per heavy atom. The molecule has 1 heterocycles. The third-order valence-electron chi connectivity index (χ3n) is 5.42. The lowest BCUT2D eigenvalue weighted by molar-refractivity contribution is 0.0900. The lowest BCUT2D eigenvalue weighted by Crippen LogP contribution is -2.55. The molecule has 5 nitrogen and oxygen atoms in total. The molecule has 154 valence electrons. The van der Waals surface area contributed by atoms with Crippen molar-refractivity contribution in [3.8, 4) is 0 Å². The third kappa shape index (κ3) is 7.95. The van der Waals surface area contributed by atoms with Crippen molar-refractivity contribution in [1.29, 1.82) is 0 Å². The summed E-state index contributed by atoms with van der Waals surface area (Å²) in [5.41, 5.74) is 1.35. The van der Waals surface area contributed by atoms with Crippen LogP contribution in [0.3, 0.4) is 0 Å². The minimum absolute atomic E-state index is 0. The molecular formula is C21H38IN5. The maximum Gasteiger partial charge on any atom is 0.191 e. The zero-order valence-electron chi connectivity index (χ0n) is 17.6. The van der Waals surface area contributed by atoms with E-state index in [0.29, 0.717) is 17.9 Å². The van der Waals surface area contributed by atoms with Gasteiger partial charge in [-0.1, -0.05) is 51.1 Å². The Balaban J connectivity index is 0.00000364. The molecule has 2 unspecified atom stereocenters. The zero-order valence-corrected chi connectivity index (χ0v) is 19.9. The smallest absolute Gasteiger partial charge is 0.191 e. The largest absolute Gasteiger partial charge is 0.356 e. The van der Waals surface area contributed by atoms with E-state index >= 15 is 0 Å². The first-order valence-corrected chi connectivity index (χ1v) is 9.93. The van der Waals surface area contributed by atoms with Gasteiger partial charge in [-0.2, -0.15) is 0 Å². The first-order chi connectivity index (χ1) is 12.5. The Kier molecular flexibility index (Phi) is 11.3. The van der Waals surface area contributed by atoms with Crippen LogP contribution >= 0.6 is 24.0 Å². The molecule has 0 radical (unpaired) electrons. The van der Waals surface area contributed by atoms with Gasteiger partial charge in [0.25, 0.3) is 0 Å². The summed E-state index contributed by atoms with van der Waals surface area (Å²) in [6.07, 6.45) is 0. The van der Waals surface area contributed by atoms with Crippen LogP contribution in [0.25, 0.3) is 0 Å². The van der Waals surface area contributed by atoms with Crippen LogP contribution in [0.2, 0.25) is 0 Å². The second kappa shape index (κ2) is 12.6. The van der Waals surface area contributed by atoms with Gasteiger partial charge in [0.1, 0.15) is 0 Å². The Morgan fingerprint density at radius 2 is 1.59 bits per heavy atom. The average Bonchev–Trinajstić information content (AvgIpc) is 2.66. The molecule has 1 aromatic rings. The SMILES string of the molecule is CN=C(NCC(C)c1ccccc1)NCC(C(C)C)N1CCN(C)CC1.I. The van der Waals surface area contributed by atoms with Crippen LogP contribution in [0.4, 0.5) is 0 Å². The molecule has 0 aromatic heterocycles. The Bertz CT molecular complexity index is 541. The Labute approximate surface area is 183 Å². The fourth-order valence-electron chi connectivity index (χ4n) is 3.51. The van der Waals surface area contributed by atoms with Crippen LogP contribution in [0.15, 0.2) is 35.3 Å². The maximum atomic E-state index is 4.41. The molecule has 2 N–H and O–H groups in total. The monoisotopic (exact) mass is 487 g/mol. The minimum atomic E-state index is 0. The van der Waals surface area contributed by atoms with Gasteiger partial charge in [0.15, 0.2) is 5.96 Å². The van der Waals surface area contributed by atoms with Crippen LogP contribution in [0.1, 0.15) is 32.3 Å². The van der Waals surface area contributed by atoms with Gasteiger partial charge in [-0.05, 0) is 24.4 Å². The highest BCUT2D eigenvalue weighted by molar-refractivity contribution is 14.0. The number of hydrogen-bond acceptors (Lipinski definition) is 3. The highest BCUT2D eigenvalue weighted by atomic mass is 127. The van der Waals surface area contributed by atoms with Gasteiger partial charge in [-0.3, -0.25) is 9.89 Å². The second-order valence-corrected chi connectivity index (χ2v) is 7.80. The van der Waals surface area contributed by atoms with Gasteiger partial charge in [0.2, 0.25) is 0 Å². The molecule has 6 heteroatoms. The van der Waals surface area contributed by atoms with E-state index in [1.54, 1.807) is 0 Å². The van der Waals surface area contributed by atoms with Crippen molar-refractivity contribution in [2.45, 2.75) is 32.7 Å². The van der Waals surface area contributed by atoms with Crippen LogP contribution in [-0.2, 0) is 0 Å². The topological polar surface area (TPSA) is 42.9 Å². The van der Waals surface area contributed by atoms with E-state index in [2.05, 4.69) is 83.6 Å². The second-order valence-electron chi connectivity index (χ2n) is 7.80. The molecule has 1 aliphatic rings. The number of piperazine rings is 1. The molecule has 0 bridgehead atoms. The quantitative estimate of drug-likeness (QED) is 0.353. The summed E-state index contributed by atoms with van der Waals surface area (Å²) in [7, 11) is 4.06. The number of nitrogens with one attached hydrogen (secondary N) is 2. The molecule has 2 atom stereocenters. The van der Waals surface area contributed by atoms with Crippen molar-refractivity contribution < 1.29 is 0 Å². The van der Waals surface area contributed by atoms with E-state index in [0.717, 1.165) is 45.2 Å². The Hall–Kier alpha value is -0.860. The van der Waals surface area contributed by atoms with Crippen molar-refractivity contribution in [3.63, 3.8) is 0 Å². The lowest BCUT2D eigenvalue weighted by atomic mass is 10.0.